The zero-order chi connectivity index (χ0) is 13.8. The van der Waals surface area contributed by atoms with Gasteiger partial charge in [0.05, 0.1) is 11.5 Å². The van der Waals surface area contributed by atoms with Crippen LogP contribution in [0.5, 0.6) is 0 Å². The van der Waals surface area contributed by atoms with E-state index >= 15 is 0 Å². The average molecular weight is 281 g/mol. The van der Waals surface area contributed by atoms with Gasteiger partial charge in [-0.2, -0.15) is 0 Å². The van der Waals surface area contributed by atoms with Crippen LogP contribution in [-0.4, -0.2) is 25.0 Å². The number of ether oxygens (including phenoxy) is 1. The number of hydrogen-bond donors (Lipinski definition) is 1. The van der Waals surface area contributed by atoms with Gasteiger partial charge in [-0.1, -0.05) is 6.07 Å². The standard InChI is InChI=1S/C13H12FNO3S/c1-2-18-12(16)7-15-13(17)11-5-8-3-4-9(14)6-10(8)19-11/h3-6H,2,7H2,1H3,(H,15,17). The smallest absolute Gasteiger partial charge is 0.325 e. The highest BCUT2D eigenvalue weighted by molar-refractivity contribution is 7.20. The summed E-state index contributed by atoms with van der Waals surface area (Å²) in [5, 5.41) is 3.26. The van der Waals surface area contributed by atoms with Crippen LogP contribution in [0.15, 0.2) is 24.3 Å². The fourth-order valence-corrected chi connectivity index (χ4v) is 2.57. The summed E-state index contributed by atoms with van der Waals surface area (Å²) in [6, 6.07) is 6.00. The molecule has 0 spiro atoms. The number of nitrogens with one attached hydrogen (secondary N) is 1. The van der Waals surface area contributed by atoms with Crippen LogP contribution in [-0.2, 0) is 9.53 Å². The topological polar surface area (TPSA) is 55.4 Å². The Morgan fingerprint density at radius 3 is 2.89 bits per heavy atom. The third kappa shape index (κ3) is 3.29. The molecule has 1 N–H and O–H groups in total. The van der Waals surface area contributed by atoms with Crippen molar-refractivity contribution in [1.29, 1.82) is 0 Å². The fraction of sp³-hybridized carbons (Fsp3) is 0.231. The second-order valence-corrected chi connectivity index (χ2v) is 4.86. The quantitative estimate of drug-likeness (QED) is 0.875. The van der Waals surface area contributed by atoms with E-state index in [1.807, 2.05) is 0 Å². The van der Waals surface area contributed by atoms with Gasteiger partial charge in [0.15, 0.2) is 0 Å². The highest BCUT2D eigenvalue weighted by Gasteiger charge is 2.12. The lowest BCUT2D eigenvalue weighted by Crippen LogP contribution is -2.30. The Labute approximate surface area is 113 Å². The molecule has 2 aromatic rings. The maximum Gasteiger partial charge on any atom is 0.325 e. The Hall–Kier alpha value is -1.95. The molecule has 0 atom stereocenters. The summed E-state index contributed by atoms with van der Waals surface area (Å²) < 4.78 is 18.4. The summed E-state index contributed by atoms with van der Waals surface area (Å²) in [4.78, 5) is 23.4. The van der Waals surface area contributed by atoms with E-state index in [1.54, 1.807) is 19.1 Å². The summed E-state index contributed by atoms with van der Waals surface area (Å²) in [6.45, 7) is 1.80. The molecule has 0 saturated heterocycles. The molecule has 6 heteroatoms. The summed E-state index contributed by atoms with van der Waals surface area (Å²) >= 11 is 1.18. The van der Waals surface area contributed by atoms with Crippen molar-refractivity contribution in [2.45, 2.75) is 6.92 Å². The van der Waals surface area contributed by atoms with Crippen molar-refractivity contribution in [1.82, 2.24) is 5.32 Å². The molecule has 0 aliphatic rings. The normalized spacial score (nSPS) is 10.4. The molecule has 1 aromatic carbocycles. The van der Waals surface area contributed by atoms with E-state index in [9.17, 15) is 14.0 Å². The van der Waals surface area contributed by atoms with Gasteiger partial charge in [0.1, 0.15) is 12.4 Å². The van der Waals surface area contributed by atoms with Crippen molar-refractivity contribution in [3.63, 3.8) is 0 Å². The third-order valence-corrected chi connectivity index (χ3v) is 3.50. The molecule has 1 aromatic heterocycles. The maximum atomic E-state index is 13.0. The Balaban J connectivity index is 2.07. The molecule has 0 saturated carbocycles. The van der Waals surface area contributed by atoms with Gasteiger partial charge in [-0.25, -0.2) is 4.39 Å². The van der Waals surface area contributed by atoms with Crippen molar-refractivity contribution in [2.75, 3.05) is 13.2 Å². The minimum absolute atomic E-state index is 0.171. The van der Waals surface area contributed by atoms with E-state index in [4.69, 9.17) is 4.74 Å². The molecule has 1 amide bonds. The molecule has 2 rings (SSSR count). The van der Waals surface area contributed by atoms with Crippen LogP contribution in [0.3, 0.4) is 0 Å². The van der Waals surface area contributed by atoms with Crippen molar-refractivity contribution < 1.29 is 18.7 Å². The molecule has 0 fully saturated rings. The molecular weight excluding hydrogens is 269 g/mol. The molecule has 0 aliphatic carbocycles. The lowest BCUT2D eigenvalue weighted by Gasteiger charge is -2.02. The summed E-state index contributed by atoms with van der Waals surface area (Å²) in [7, 11) is 0. The SMILES string of the molecule is CCOC(=O)CNC(=O)c1cc2ccc(F)cc2s1. The molecule has 0 unspecified atom stereocenters. The first-order chi connectivity index (χ1) is 9.10. The van der Waals surface area contributed by atoms with E-state index in [0.717, 1.165) is 5.39 Å². The van der Waals surface area contributed by atoms with Crippen LogP contribution in [0, 0.1) is 5.82 Å². The Morgan fingerprint density at radius 2 is 2.16 bits per heavy atom. The number of esters is 1. The minimum atomic E-state index is -0.483. The van der Waals surface area contributed by atoms with Gasteiger partial charge in [-0.15, -0.1) is 11.3 Å². The van der Waals surface area contributed by atoms with E-state index in [0.29, 0.717) is 9.58 Å². The van der Waals surface area contributed by atoms with Gasteiger partial charge in [0, 0.05) is 4.70 Å². The number of hydrogen-bond acceptors (Lipinski definition) is 4. The van der Waals surface area contributed by atoms with E-state index in [-0.39, 0.29) is 24.9 Å². The van der Waals surface area contributed by atoms with Crippen molar-refractivity contribution >= 4 is 33.3 Å². The molecule has 19 heavy (non-hydrogen) atoms. The second-order valence-electron chi connectivity index (χ2n) is 3.78. The molecule has 1 heterocycles. The number of carbonyl (C=O) groups is 2. The van der Waals surface area contributed by atoms with Gasteiger partial charge < -0.3 is 10.1 Å². The fourth-order valence-electron chi connectivity index (χ4n) is 1.57. The van der Waals surface area contributed by atoms with E-state index in [2.05, 4.69) is 5.32 Å². The van der Waals surface area contributed by atoms with Gasteiger partial charge in [0.25, 0.3) is 5.91 Å². The average Bonchev–Trinajstić information content (AvgIpc) is 2.79. The predicted octanol–water partition coefficient (Wildman–Crippen LogP) is 2.33. The van der Waals surface area contributed by atoms with Crippen molar-refractivity contribution in [2.24, 2.45) is 0 Å². The molecular formula is C13H12FNO3S. The van der Waals surface area contributed by atoms with Gasteiger partial charge in [0.2, 0.25) is 0 Å². The number of rotatable bonds is 4. The molecule has 4 nitrogen and oxygen atoms in total. The lowest BCUT2D eigenvalue weighted by molar-refractivity contribution is -0.141. The van der Waals surface area contributed by atoms with Crippen LogP contribution >= 0.6 is 11.3 Å². The number of halogens is 1. The van der Waals surface area contributed by atoms with Crippen molar-refractivity contribution in [3.8, 4) is 0 Å². The predicted molar refractivity (Wildman–Crippen MR) is 70.7 cm³/mol. The maximum absolute atomic E-state index is 13.0. The van der Waals surface area contributed by atoms with Gasteiger partial charge in [-0.3, -0.25) is 9.59 Å². The first-order valence-electron chi connectivity index (χ1n) is 5.73. The highest BCUT2D eigenvalue weighted by Crippen LogP contribution is 2.26. The van der Waals surface area contributed by atoms with Gasteiger partial charge in [-0.05, 0) is 30.5 Å². The monoisotopic (exact) mass is 281 g/mol. The summed E-state index contributed by atoms with van der Waals surface area (Å²) in [5.74, 6) is -1.19. The number of amides is 1. The van der Waals surface area contributed by atoms with E-state index in [1.165, 1.54) is 23.5 Å². The lowest BCUT2D eigenvalue weighted by atomic mass is 10.2. The molecule has 0 radical (unpaired) electrons. The largest absolute Gasteiger partial charge is 0.465 e. The minimum Gasteiger partial charge on any atom is -0.465 e. The molecule has 100 valence electrons. The number of thiophene rings is 1. The van der Waals surface area contributed by atoms with E-state index < -0.39 is 5.97 Å². The number of carbonyl (C=O) groups excluding carboxylic acids is 2. The van der Waals surface area contributed by atoms with Crippen molar-refractivity contribution in [3.05, 3.63) is 35.0 Å². The first-order valence-corrected chi connectivity index (χ1v) is 6.54. The Kier molecular flexibility index (Phi) is 4.11. The van der Waals surface area contributed by atoms with Crippen LogP contribution in [0.2, 0.25) is 0 Å². The highest BCUT2D eigenvalue weighted by atomic mass is 32.1. The first kappa shape index (κ1) is 13.5. The summed E-state index contributed by atoms with van der Waals surface area (Å²) in [6.07, 6.45) is 0. The van der Waals surface area contributed by atoms with Crippen LogP contribution in [0.25, 0.3) is 10.1 Å². The van der Waals surface area contributed by atoms with Crippen LogP contribution < -0.4 is 5.32 Å². The molecule has 0 aliphatic heterocycles. The summed E-state index contributed by atoms with van der Waals surface area (Å²) in [5.41, 5.74) is 0. The molecule has 0 bridgehead atoms. The zero-order valence-corrected chi connectivity index (χ0v) is 11.1. The van der Waals surface area contributed by atoms with Gasteiger partial charge >= 0.3 is 5.97 Å². The Bertz CT molecular complexity index is 623. The van der Waals surface area contributed by atoms with Crippen LogP contribution in [0.4, 0.5) is 4.39 Å². The Morgan fingerprint density at radius 1 is 1.37 bits per heavy atom. The number of fused-ring (bicyclic) bond motifs is 1. The zero-order valence-electron chi connectivity index (χ0n) is 10.2. The van der Waals surface area contributed by atoms with Crippen LogP contribution in [0.1, 0.15) is 16.6 Å². The second kappa shape index (κ2) is 5.79. The number of benzene rings is 1. The third-order valence-electron chi connectivity index (χ3n) is 2.40.